The predicted octanol–water partition coefficient (Wildman–Crippen LogP) is 1.54. The van der Waals surface area contributed by atoms with Crippen molar-refractivity contribution >= 4 is 11.0 Å². The van der Waals surface area contributed by atoms with Crippen LogP contribution in [-0.2, 0) is 11.3 Å². The molecule has 1 aromatic heterocycles. The number of methoxy groups -OCH3 is 1. The highest BCUT2D eigenvalue weighted by atomic mass is 16.5. The molecule has 5 heteroatoms. The molecule has 1 aromatic carbocycles. The van der Waals surface area contributed by atoms with Crippen LogP contribution in [0, 0.1) is 5.92 Å². The van der Waals surface area contributed by atoms with Gasteiger partial charge in [0.05, 0.1) is 17.4 Å². The Bertz CT molecular complexity index is 511. The minimum absolute atomic E-state index is 0.202. The summed E-state index contributed by atoms with van der Waals surface area (Å²) in [4.78, 5) is 4.40. The molecule has 2 atom stereocenters. The van der Waals surface area contributed by atoms with Crippen molar-refractivity contribution in [2.24, 2.45) is 11.8 Å². The highest BCUT2D eigenvalue weighted by Gasteiger charge is 2.17. The smallest absolute Gasteiger partial charge is 0.0958 e. The van der Waals surface area contributed by atoms with Crippen molar-refractivity contribution in [3.05, 3.63) is 30.6 Å². The summed E-state index contributed by atoms with van der Waals surface area (Å²) in [6.07, 6.45) is 2.86. The second-order valence-corrected chi connectivity index (χ2v) is 4.92. The minimum Gasteiger partial charge on any atom is -0.385 e. The van der Waals surface area contributed by atoms with Crippen LogP contribution in [0.1, 0.15) is 13.3 Å². The highest BCUT2D eigenvalue weighted by molar-refractivity contribution is 5.74. The Morgan fingerprint density at radius 1 is 1.42 bits per heavy atom. The van der Waals surface area contributed by atoms with Gasteiger partial charge in [-0.05, 0) is 24.5 Å². The highest BCUT2D eigenvalue weighted by Crippen LogP contribution is 2.15. The Morgan fingerprint density at radius 2 is 2.21 bits per heavy atom. The maximum Gasteiger partial charge on any atom is 0.0958 e. The van der Waals surface area contributed by atoms with Crippen LogP contribution in [0.2, 0.25) is 0 Å². The molecular formula is C14H22N4O. The van der Waals surface area contributed by atoms with Gasteiger partial charge in [0.1, 0.15) is 0 Å². The fourth-order valence-electron chi connectivity index (χ4n) is 2.27. The Hall–Kier alpha value is -1.43. The summed E-state index contributed by atoms with van der Waals surface area (Å²) in [6, 6.07) is 8.33. The van der Waals surface area contributed by atoms with Gasteiger partial charge in [0.15, 0.2) is 0 Å². The summed E-state index contributed by atoms with van der Waals surface area (Å²) in [5.41, 5.74) is 5.07. The van der Waals surface area contributed by atoms with Crippen LogP contribution in [0.25, 0.3) is 11.0 Å². The first-order valence-electron chi connectivity index (χ1n) is 6.61. The number of rotatable bonds is 7. The number of hydrogen-bond donors (Lipinski definition) is 2. The first kappa shape index (κ1) is 14.0. The molecule has 5 nitrogen and oxygen atoms in total. The quantitative estimate of drug-likeness (QED) is 0.587. The zero-order valence-electron chi connectivity index (χ0n) is 11.5. The average molecular weight is 262 g/mol. The van der Waals surface area contributed by atoms with Gasteiger partial charge in [-0.2, -0.15) is 0 Å². The number of ether oxygens (including phenoxy) is 1. The Morgan fingerprint density at radius 3 is 2.95 bits per heavy atom. The van der Waals surface area contributed by atoms with E-state index in [1.165, 1.54) is 0 Å². The van der Waals surface area contributed by atoms with Crippen LogP contribution < -0.4 is 11.3 Å². The molecular weight excluding hydrogens is 240 g/mol. The predicted molar refractivity (Wildman–Crippen MR) is 76.5 cm³/mol. The third kappa shape index (κ3) is 3.32. The average Bonchev–Trinajstić information content (AvgIpc) is 2.85. The molecule has 0 aliphatic rings. The monoisotopic (exact) mass is 262 g/mol. The van der Waals surface area contributed by atoms with Gasteiger partial charge in [-0.3, -0.25) is 11.3 Å². The topological polar surface area (TPSA) is 65.1 Å². The molecule has 2 rings (SSSR count). The lowest BCUT2D eigenvalue weighted by Crippen LogP contribution is -2.43. The Labute approximate surface area is 113 Å². The molecule has 2 aromatic rings. The number of hydrazine groups is 1. The molecule has 3 N–H and O–H groups in total. The van der Waals surface area contributed by atoms with Crippen molar-refractivity contribution < 1.29 is 4.74 Å². The normalized spacial score (nSPS) is 14.7. The second-order valence-electron chi connectivity index (χ2n) is 4.92. The van der Waals surface area contributed by atoms with Gasteiger partial charge >= 0.3 is 0 Å². The van der Waals surface area contributed by atoms with E-state index in [1.807, 2.05) is 24.5 Å². The van der Waals surface area contributed by atoms with Crippen LogP contribution >= 0.6 is 0 Å². The fraction of sp³-hybridized carbons (Fsp3) is 0.500. The van der Waals surface area contributed by atoms with E-state index >= 15 is 0 Å². The maximum absolute atomic E-state index is 5.68. The van der Waals surface area contributed by atoms with E-state index in [4.69, 9.17) is 10.6 Å². The van der Waals surface area contributed by atoms with Crippen molar-refractivity contribution in [2.75, 3.05) is 13.7 Å². The van der Waals surface area contributed by atoms with Gasteiger partial charge in [-0.1, -0.05) is 19.1 Å². The Balaban J connectivity index is 2.09. The van der Waals surface area contributed by atoms with E-state index in [0.29, 0.717) is 5.92 Å². The first-order chi connectivity index (χ1) is 9.26. The summed E-state index contributed by atoms with van der Waals surface area (Å²) in [7, 11) is 1.72. The molecule has 0 bridgehead atoms. The lowest BCUT2D eigenvalue weighted by Gasteiger charge is -2.23. The van der Waals surface area contributed by atoms with E-state index in [2.05, 4.69) is 28.0 Å². The van der Waals surface area contributed by atoms with Gasteiger partial charge in [0.25, 0.3) is 0 Å². The first-order valence-corrected chi connectivity index (χ1v) is 6.61. The number of aromatic nitrogens is 2. The molecule has 0 radical (unpaired) electrons. The van der Waals surface area contributed by atoms with E-state index in [0.717, 1.165) is 30.6 Å². The maximum atomic E-state index is 5.68. The SMILES string of the molecule is COCCC(C)C(Cn1cnc2ccccc21)NN. The third-order valence-corrected chi connectivity index (χ3v) is 3.60. The lowest BCUT2D eigenvalue weighted by molar-refractivity contribution is 0.167. The number of nitrogens with one attached hydrogen (secondary N) is 1. The molecule has 2 unspecified atom stereocenters. The van der Waals surface area contributed by atoms with E-state index in [9.17, 15) is 0 Å². The summed E-state index contributed by atoms with van der Waals surface area (Å²) in [5, 5.41) is 0. The molecule has 0 aliphatic carbocycles. The number of imidazole rings is 1. The molecule has 104 valence electrons. The molecule has 1 heterocycles. The standard InChI is InChI=1S/C14H22N4O/c1-11(7-8-19-2)13(17-15)9-18-10-16-12-5-3-4-6-14(12)18/h3-6,10-11,13,17H,7-9,15H2,1-2H3. The Kier molecular flexibility index (Phi) is 4.90. The molecule has 0 saturated carbocycles. The number of nitrogens with zero attached hydrogens (tertiary/aromatic N) is 2. The lowest BCUT2D eigenvalue weighted by atomic mass is 9.99. The summed E-state index contributed by atoms with van der Waals surface area (Å²) in [6.45, 7) is 3.74. The molecule has 0 aliphatic heterocycles. The van der Waals surface area contributed by atoms with Gasteiger partial charge < -0.3 is 9.30 Å². The van der Waals surface area contributed by atoms with E-state index in [-0.39, 0.29) is 6.04 Å². The molecule has 19 heavy (non-hydrogen) atoms. The summed E-state index contributed by atoms with van der Waals surface area (Å²) >= 11 is 0. The number of hydrogen-bond acceptors (Lipinski definition) is 4. The largest absolute Gasteiger partial charge is 0.385 e. The summed E-state index contributed by atoms with van der Waals surface area (Å²) in [5.74, 6) is 6.12. The van der Waals surface area contributed by atoms with Crippen LogP contribution in [0.4, 0.5) is 0 Å². The second kappa shape index (κ2) is 6.65. The van der Waals surface area contributed by atoms with Gasteiger partial charge in [-0.25, -0.2) is 4.98 Å². The molecule has 0 saturated heterocycles. The fourth-order valence-corrected chi connectivity index (χ4v) is 2.27. The van der Waals surface area contributed by atoms with Crippen LogP contribution in [0.15, 0.2) is 30.6 Å². The molecule has 0 fully saturated rings. The zero-order valence-corrected chi connectivity index (χ0v) is 11.5. The van der Waals surface area contributed by atoms with Crippen LogP contribution in [0.3, 0.4) is 0 Å². The minimum atomic E-state index is 0.202. The molecule has 0 spiro atoms. The van der Waals surface area contributed by atoms with Crippen molar-refractivity contribution in [2.45, 2.75) is 25.9 Å². The van der Waals surface area contributed by atoms with Crippen LogP contribution in [0.5, 0.6) is 0 Å². The molecule has 0 amide bonds. The summed E-state index contributed by atoms with van der Waals surface area (Å²) < 4.78 is 7.27. The van der Waals surface area contributed by atoms with E-state index < -0.39 is 0 Å². The van der Waals surface area contributed by atoms with Crippen molar-refractivity contribution in [1.29, 1.82) is 0 Å². The van der Waals surface area contributed by atoms with Gasteiger partial charge in [0, 0.05) is 26.3 Å². The number of benzene rings is 1. The number of para-hydroxylation sites is 2. The zero-order chi connectivity index (χ0) is 13.7. The van der Waals surface area contributed by atoms with Gasteiger partial charge in [0.2, 0.25) is 0 Å². The number of fused-ring (bicyclic) bond motifs is 1. The van der Waals surface area contributed by atoms with Crippen molar-refractivity contribution in [3.63, 3.8) is 0 Å². The van der Waals surface area contributed by atoms with Crippen molar-refractivity contribution in [3.8, 4) is 0 Å². The van der Waals surface area contributed by atoms with Gasteiger partial charge in [-0.15, -0.1) is 0 Å². The van der Waals surface area contributed by atoms with E-state index in [1.54, 1.807) is 7.11 Å². The third-order valence-electron chi connectivity index (χ3n) is 3.60. The number of nitrogens with two attached hydrogens (primary N) is 1. The van der Waals surface area contributed by atoms with Crippen molar-refractivity contribution in [1.82, 2.24) is 15.0 Å². The van der Waals surface area contributed by atoms with Crippen LogP contribution in [-0.4, -0.2) is 29.3 Å².